The minimum Gasteiger partial charge on any atom is -0.390 e. The molecule has 1 atom stereocenters. The lowest BCUT2D eigenvalue weighted by Gasteiger charge is -2.19. The summed E-state index contributed by atoms with van der Waals surface area (Å²) in [7, 11) is 1.84. The van der Waals surface area contributed by atoms with E-state index in [4.69, 9.17) is 5.73 Å². The average Bonchev–Trinajstić information content (AvgIpc) is 3.11. The lowest BCUT2D eigenvalue weighted by atomic mass is 10.0. The predicted octanol–water partition coefficient (Wildman–Crippen LogP) is 3.24. The van der Waals surface area contributed by atoms with Gasteiger partial charge in [-0.2, -0.15) is 5.10 Å². The number of carbonyl (C=O) groups excluding carboxylic acids is 1. The van der Waals surface area contributed by atoms with Crippen molar-refractivity contribution in [3.8, 4) is 11.1 Å². The predicted molar refractivity (Wildman–Crippen MR) is 119 cm³/mol. The highest BCUT2D eigenvalue weighted by Crippen LogP contribution is 2.34. The Labute approximate surface area is 183 Å². The van der Waals surface area contributed by atoms with Gasteiger partial charge in [-0.3, -0.25) is 19.4 Å². The summed E-state index contributed by atoms with van der Waals surface area (Å²) in [6, 6.07) is 6.00. The minimum atomic E-state index is -0.647. The molecule has 0 aliphatic rings. The smallest absolute Gasteiger partial charge is 0.252 e. The van der Waals surface area contributed by atoms with Crippen molar-refractivity contribution in [1.29, 1.82) is 0 Å². The van der Waals surface area contributed by atoms with Crippen LogP contribution in [0.3, 0.4) is 0 Å². The Bertz CT molecular complexity index is 1320. The summed E-state index contributed by atoms with van der Waals surface area (Å²) < 4.78 is 16.6. The molecule has 0 aliphatic carbocycles. The van der Waals surface area contributed by atoms with Gasteiger partial charge in [-0.05, 0) is 31.5 Å². The molecule has 0 saturated heterocycles. The molecule has 0 unspecified atom stereocenters. The number of hydrogen-bond donors (Lipinski definition) is 3. The average molecular weight is 434 g/mol. The van der Waals surface area contributed by atoms with Gasteiger partial charge in [0, 0.05) is 48.2 Å². The van der Waals surface area contributed by atoms with Crippen LogP contribution < -0.4 is 11.1 Å². The zero-order valence-corrected chi connectivity index (χ0v) is 17.9. The number of pyridine rings is 2. The van der Waals surface area contributed by atoms with Crippen molar-refractivity contribution in [2.24, 2.45) is 12.8 Å². The van der Waals surface area contributed by atoms with E-state index in [1.54, 1.807) is 22.9 Å². The summed E-state index contributed by atoms with van der Waals surface area (Å²) in [6.07, 6.45) is 4.75. The van der Waals surface area contributed by atoms with Crippen LogP contribution in [0.15, 0.2) is 42.9 Å². The summed E-state index contributed by atoms with van der Waals surface area (Å²) in [5, 5.41) is 17.6. The number of benzene rings is 1. The highest BCUT2D eigenvalue weighted by molar-refractivity contribution is 6.07. The van der Waals surface area contributed by atoms with Crippen LogP contribution in [0, 0.1) is 12.7 Å². The molecule has 3 aromatic heterocycles. The Morgan fingerprint density at radius 1 is 1.28 bits per heavy atom. The van der Waals surface area contributed by atoms with Gasteiger partial charge in [-0.1, -0.05) is 6.07 Å². The van der Waals surface area contributed by atoms with Crippen molar-refractivity contribution in [3.05, 3.63) is 71.2 Å². The normalized spacial score (nSPS) is 12.2. The van der Waals surface area contributed by atoms with Gasteiger partial charge in [0.25, 0.3) is 5.91 Å². The highest BCUT2D eigenvalue weighted by Gasteiger charge is 2.20. The fourth-order valence-electron chi connectivity index (χ4n) is 3.79. The molecule has 4 N–H and O–H groups in total. The molecule has 0 aliphatic heterocycles. The SMILES string of the molecule is Cc1cn(C)nc1[C@H](C)Nc1c(C(N)=O)cnc2cc(F)c(-c3ccc(CO)nc3)cc12. The number of hydrogen-bond acceptors (Lipinski definition) is 6. The molecule has 3 heterocycles. The third kappa shape index (κ3) is 3.90. The Morgan fingerprint density at radius 3 is 2.66 bits per heavy atom. The maximum Gasteiger partial charge on any atom is 0.252 e. The number of aryl methyl sites for hydroxylation is 2. The van der Waals surface area contributed by atoms with Crippen molar-refractivity contribution < 1.29 is 14.3 Å². The first-order valence-electron chi connectivity index (χ1n) is 10.0. The van der Waals surface area contributed by atoms with Crippen molar-refractivity contribution >= 4 is 22.5 Å². The van der Waals surface area contributed by atoms with E-state index >= 15 is 0 Å². The largest absolute Gasteiger partial charge is 0.390 e. The summed E-state index contributed by atoms with van der Waals surface area (Å²) in [6.45, 7) is 3.68. The summed E-state index contributed by atoms with van der Waals surface area (Å²) in [4.78, 5) is 20.5. The number of primary amides is 1. The van der Waals surface area contributed by atoms with E-state index < -0.39 is 11.7 Å². The van der Waals surface area contributed by atoms with Crippen LogP contribution in [0.2, 0.25) is 0 Å². The second kappa shape index (κ2) is 8.35. The number of fused-ring (bicyclic) bond motifs is 1. The molecule has 1 amide bonds. The van der Waals surface area contributed by atoms with Gasteiger partial charge in [-0.15, -0.1) is 0 Å². The third-order valence-corrected chi connectivity index (χ3v) is 5.34. The Balaban J connectivity index is 1.87. The Kier molecular flexibility index (Phi) is 5.58. The van der Waals surface area contributed by atoms with Gasteiger partial charge >= 0.3 is 0 Å². The first kappa shape index (κ1) is 21.4. The zero-order chi connectivity index (χ0) is 23.0. The zero-order valence-electron chi connectivity index (χ0n) is 17.9. The molecular formula is C23H23FN6O2. The number of halogens is 1. The van der Waals surface area contributed by atoms with Crippen molar-refractivity contribution in [2.75, 3.05) is 5.32 Å². The minimum absolute atomic E-state index is 0.198. The molecule has 0 fully saturated rings. The molecule has 1 aromatic carbocycles. The Hall–Kier alpha value is -3.85. The van der Waals surface area contributed by atoms with Crippen LogP contribution in [0.4, 0.5) is 10.1 Å². The molecule has 9 heteroatoms. The molecule has 0 saturated carbocycles. The first-order chi connectivity index (χ1) is 15.3. The second-order valence-corrected chi connectivity index (χ2v) is 7.69. The van der Waals surface area contributed by atoms with E-state index in [2.05, 4.69) is 20.4 Å². The lowest BCUT2D eigenvalue weighted by Crippen LogP contribution is -2.17. The topological polar surface area (TPSA) is 119 Å². The van der Waals surface area contributed by atoms with Crippen molar-refractivity contribution in [1.82, 2.24) is 19.7 Å². The monoisotopic (exact) mass is 434 g/mol. The van der Waals surface area contributed by atoms with Gasteiger partial charge < -0.3 is 16.2 Å². The highest BCUT2D eigenvalue weighted by atomic mass is 19.1. The van der Waals surface area contributed by atoms with E-state index in [0.717, 1.165) is 11.3 Å². The van der Waals surface area contributed by atoms with Crippen LogP contribution in [0.1, 0.15) is 40.3 Å². The van der Waals surface area contributed by atoms with E-state index in [-0.39, 0.29) is 18.2 Å². The fourth-order valence-corrected chi connectivity index (χ4v) is 3.79. The molecule has 0 radical (unpaired) electrons. The number of aliphatic hydroxyl groups excluding tert-OH is 1. The molecule has 0 bridgehead atoms. The molecule has 8 nitrogen and oxygen atoms in total. The standard InChI is InChI=1S/C23H23FN6O2/c1-12-10-30(3)29-21(12)13(2)28-22-17-6-16(14-4-5-15(11-31)26-8-14)19(24)7-20(17)27-9-18(22)23(25)32/h4-10,13,31H,11H2,1-3H3,(H2,25,32)(H,27,28)/t13-/m0/s1. The number of amides is 1. The summed E-state index contributed by atoms with van der Waals surface area (Å²) >= 11 is 0. The number of nitrogens with zero attached hydrogens (tertiary/aromatic N) is 4. The number of nitrogens with one attached hydrogen (secondary N) is 1. The van der Waals surface area contributed by atoms with E-state index in [9.17, 15) is 14.3 Å². The number of nitrogens with two attached hydrogens (primary N) is 1. The third-order valence-electron chi connectivity index (χ3n) is 5.34. The number of aromatic nitrogens is 4. The number of rotatable bonds is 6. The van der Waals surface area contributed by atoms with Gasteiger partial charge in [0.05, 0.1) is 40.8 Å². The van der Waals surface area contributed by atoms with Gasteiger partial charge in [-0.25, -0.2) is 4.39 Å². The maximum absolute atomic E-state index is 14.9. The Morgan fingerprint density at radius 2 is 2.06 bits per heavy atom. The number of aliphatic hydroxyl groups is 1. The summed E-state index contributed by atoms with van der Waals surface area (Å²) in [5.41, 5.74) is 9.78. The van der Waals surface area contributed by atoms with Crippen LogP contribution >= 0.6 is 0 Å². The molecule has 32 heavy (non-hydrogen) atoms. The summed E-state index contributed by atoms with van der Waals surface area (Å²) in [5.74, 6) is -1.12. The van der Waals surface area contributed by atoms with Gasteiger partial charge in [0.15, 0.2) is 0 Å². The van der Waals surface area contributed by atoms with Gasteiger partial charge in [0.1, 0.15) is 5.82 Å². The van der Waals surface area contributed by atoms with Crippen molar-refractivity contribution in [2.45, 2.75) is 26.5 Å². The van der Waals surface area contributed by atoms with E-state index in [0.29, 0.717) is 33.4 Å². The molecule has 4 aromatic rings. The quantitative estimate of drug-likeness (QED) is 0.429. The van der Waals surface area contributed by atoms with E-state index in [1.165, 1.54) is 18.5 Å². The van der Waals surface area contributed by atoms with Crippen molar-refractivity contribution in [3.63, 3.8) is 0 Å². The van der Waals surface area contributed by atoms with Crippen LogP contribution in [0.5, 0.6) is 0 Å². The number of anilines is 1. The molecule has 4 rings (SSSR count). The van der Waals surface area contributed by atoms with Crippen LogP contribution in [-0.4, -0.2) is 30.8 Å². The van der Waals surface area contributed by atoms with Crippen LogP contribution in [-0.2, 0) is 13.7 Å². The first-order valence-corrected chi connectivity index (χ1v) is 10.0. The fraction of sp³-hybridized carbons (Fsp3) is 0.217. The number of carbonyl (C=O) groups is 1. The lowest BCUT2D eigenvalue weighted by molar-refractivity contribution is 0.100. The van der Waals surface area contributed by atoms with Crippen LogP contribution in [0.25, 0.3) is 22.0 Å². The molecular weight excluding hydrogens is 411 g/mol. The second-order valence-electron chi connectivity index (χ2n) is 7.69. The molecule has 164 valence electrons. The van der Waals surface area contributed by atoms with E-state index in [1.807, 2.05) is 27.1 Å². The molecule has 0 spiro atoms. The van der Waals surface area contributed by atoms with Gasteiger partial charge in [0.2, 0.25) is 0 Å². The maximum atomic E-state index is 14.9.